The Morgan fingerprint density at radius 1 is 0.875 bits per heavy atom. The third-order valence-corrected chi connectivity index (χ3v) is 4.61. The highest BCUT2D eigenvalue weighted by atomic mass is 16.7. The topological polar surface area (TPSA) is 27.7 Å². The molecule has 1 unspecified atom stereocenters. The van der Waals surface area contributed by atoms with E-state index in [1.165, 1.54) is 44.9 Å². The smallest absolute Gasteiger partial charge is 0.170 e. The van der Waals surface area contributed by atoms with Crippen molar-refractivity contribution in [2.45, 2.75) is 90.8 Å². The van der Waals surface area contributed by atoms with Crippen LogP contribution >= 0.6 is 0 Å². The second-order valence-corrected chi connectivity index (χ2v) is 6.37. The molecule has 146 valence electrons. The van der Waals surface area contributed by atoms with E-state index in [2.05, 4.69) is 20.4 Å². The maximum absolute atomic E-state index is 5.76. The molecular formula is C21H44O3. The lowest BCUT2D eigenvalue weighted by Gasteiger charge is -2.38. The van der Waals surface area contributed by atoms with Crippen LogP contribution in [0.5, 0.6) is 0 Å². The van der Waals surface area contributed by atoms with Crippen molar-refractivity contribution in [2.24, 2.45) is 5.92 Å². The quantitative estimate of drug-likeness (QED) is 0.196. The molecule has 0 aromatic heterocycles. The van der Waals surface area contributed by atoms with Gasteiger partial charge in [0.15, 0.2) is 5.79 Å². The van der Waals surface area contributed by atoms with Crippen LogP contribution in [0.3, 0.4) is 0 Å². The molecule has 0 amide bonds. The number of allylic oxidation sites excluding steroid dienone is 1. The van der Waals surface area contributed by atoms with E-state index in [0.717, 1.165) is 25.9 Å². The average Bonchev–Trinajstić information content (AvgIpc) is 2.60. The van der Waals surface area contributed by atoms with Crippen LogP contribution < -0.4 is 0 Å². The summed E-state index contributed by atoms with van der Waals surface area (Å²) in [6.45, 7) is 10.5. The van der Waals surface area contributed by atoms with Gasteiger partial charge >= 0.3 is 0 Å². The molecule has 0 aromatic rings. The minimum Gasteiger partial charge on any atom is -0.385 e. The molecule has 24 heavy (non-hydrogen) atoms. The van der Waals surface area contributed by atoms with Crippen molar-refractivity contribution in [3.63, 3.8) is 0 Å². The molecule has 0 saturated carbocycles. The first-order chi connectivity index (χ1) is 11.6. The van der Waals surface area contributed by atoms with E-state index in [-0.39, 0.29) is 0 Å². The summed E-state index contributed by atoms with van der Waals surface area (Å²) >= 11 is 0. The molecule has 0 radical (unpaired) electrons. The number of rotatable bonds is 15. The van der Waals surface area contributed by atoms with Gasteiger partial charge in [0.05, 0.1) is 0 Å². The largest absolute Gasteiger partial charge is 0.385 e. The summed E-state index contributed by atoms with van der Waals surface area (Å²) in [6, 6.07) is 0. The van der Waals surface area contributed by atoms with Crippen LogP contribution in [0.2, 0.25) is 0 Å². The molecule has 0 fully saturated rings. The van der Waals surface area contributed by atoms with Crippen molar-refractivity contribution in [2.75, 3.05) is 27.9 Å². The predicted molar refractivity (Wildman–Crippen MR) is 106 cm³/mol. The Balaban J connectivity index is 0. The second-order valence-electron chi connectivity index (χ2n) is 6.37. The van der Waals surface area contributed by atoms with Crippen molar-refractivity contribution >= 4 is 0 Å². The van der Waals surface area contributed by atoms with Gasteiger partial charge in [-0.25, -0.2) is 0 Å². The minimum absolute atomic E-state index is 0.419. The first kappa shape index (κ1) is 25.9. The Morgan fingerprint density at radius 2 is 1.38 bits per heavy atom. The van der Waals surface area contributed by atoms with Crippen LogP contribution in [-0.4, -0.2) is 33.7 Å². The normalized spacial score (nSPS) is 12.4. The van der Waals surface area contributed by atoms with Gasteiger partial charge in [-0.2, -0.15) is 0 Å². The number of hydrogen-bond acceptors (Lipinski definition) is 3. The summed E-state index contributed by atoms with van der Waals surface area (Å²) in [6.07, 6.45) is 14.0. The van der Waals surface area contributed by atoms with Crippen molar-refractivity contribution < 1.29 is 14.2 Å². The van der Waals surface area contributed by atoms with Crippen molar-refractivity contribution in [1.29, 1.82) is 0 Å². The van der Waals surface area contributed by atoms with E-state index in [1.54, 1.807) is 27.4 Å². The first-order valence-corrected chi connectivity index (χ1v) is 9.78. The van der Waals surface area contributed by atoms with Crippen molar-refractivity contribution in [3.05, 3.63) is 12.7 Å². The van der Waals surface area contributed by atoms with Gasteiger partial charge < -0.3 is 14.2 Å². The molecule has 1 atom stereocenters. The second kappa shape index (κ2) is 19.0. The molecule has 3 heteroatoms. The number of unbranched alkanes of at least 4 members (excludes halogenated alkanes) is 5. The summed E-state index contributed by atoms with van der Waals surface area (Å²) in [5.74, 6) is 0.0378. The van der Waals surface area contributed by atoms with Gasteiger partial charge in [-0.15, -0.1) is 6.58 Å². The predicted octanol–water partition coefficient (Wildman–Crippen LogP) is 6.37. The summed E-state index contributed by atoms with van der Waals surface area (Å²) in [7, 11) is 5.32. The third kappa shape index (κ3) is 12.0. The summed E-state index contributed by atoms with van der Waals surface area (Å²) in [5.41, 5.74) is 0. The molecule has 0 rings (SSSR count). The van der Waals surface area contributed by atoms with Gasteiger partial charge in [0.1, 0.15) is 0 Å². The summed E-state index contributed by atoms with van der Waals surface area (Å²) in [4.78, 5) is 0. The number of ether oxygens (including phenoxy) is 3. The fourth-order valence-electron chi connectivity index (χ4n) is 3.22. The molecule has 0 saturated heterocycles. The van der Waals surface area contributed by atoms with Crippen LogP contribution in [0.4, 0.5) is 0 Å². The fraction of sp³-hybridized carbons (Fsp3) is 0.905. The Hall–Kier alpha value is -0.380. The van der Waals surface area contributed by atoms with Crippen LogP contribution in [-0.2, 0) is 14.2 Å². The average molecular weight is 345 g/mol. The van der Waals surface area contributed by atoms with Gasteiger partial charge in [0, 0.05) is 33.9 Å². The SMILES string of the molecule is C=CC.CCCCCCCCC(CCCOC)C(CC)(OC)OC. The molecule has 0 aliphatic carbocycles. The highest BCUT2D eigenvalue weighted by molar-refractivity contribution is 4.78. The van der Waals surface area contributed by atoms with Gasteiger partial charge in [0.25, 0.3) is 0 Å². The molecule has 3 nitrogen and oxygen atoms in total. The monoisotopic (exact) mass is 344 g/mol. The molecule has 0 aliphatic heterocycles. The standard InChI is InChI=1S/C18H38O3.C3H6/c1-6-8-9-10-11-12-14-17(15-13-16-19-3)18(7-2,20-4)21-5;1-3-2/h17H,6-16H2,1-5H3;3H,1H2,2H3. The zero-order valence-corrected chi connectivity index (χ0v) is 17.4. The zero-order valence-electron chi connectivity index (χ0n) is 17.4. The summed E-state index contributed by atoms with van der Waals surface area (Å²) in [5, 5.41) is 0. The van der Waals surface area contributed by atoms with Gasteiger partial charge in [-0.05, 0) is 32.6 Å². The maximum Gasteiger partial charge on any atom is 0.170 e. The number of hydrogen-bond donors (Lipinski definition) is 0. The van der Waals surface area contributed by atoms with Gasteiger partial charge in [-0.1, -0.05) is 58.4 Å². The molecule has 0 heterocycles. The lowest BCUT2D eigenvalue weighted by molar-refractivity contribution is -0.244. The van der Waals surface area contributed by atoms with Crippen LogP contribution in [0.1, 0.15) is 85.0 Å². The lowest BCUT2D eigenvalue weighted by atomic mass is 9.86. The fourth-order valence-corrected chi connectivity index (χ4v) is 3.22. The number of methoxy groups -OCH3 is 3. The Labute approximate surface area is 152 Å². The molecule has 0 N–H and O–H groups in total. The zero-order chi connectivity index (χ0) is 18.7. The minimum atomic E-state index is -0.419. The first-order valence-electron chi connectivity index (χ1n) is 9.78. The van der Waals surface area contributed by atoms with Crippen LogP contribution in [0, 0.1) is 5.92 Å². The molecule has 0 bridgehead atoms. The summed E-state index contributed by atoms with van der Waals surface area (Å²) < 4.78 is 16.7. The van der Waals surface area contributed by atoms with E-state index in [4.69, 9.17) is 14.2 Å². The molecular weight excluding hydrogens is 300 g/mol. The molecule has 0 spiro atoms. The highest BCUT2D eigenvalue weighted by Crippen LogP contribution is 2.34. The van der Waals surface area contributed by atoms with E-state index < -0.39 is 5.79 Å². The Bertz CT molecular complexity index is 241. The van der Waals surface area contributed by atoms with Gasteiger partial charge in [0.2, 0.25) is 0 Å². The van der Waals surface area contributed by atoms with Crippen LogP contribution in [0.25, 0.3) is 0 Å². The van der Waals surface area contributed by atoms with Crippen molar-refractivity contribution in [3.8, 4) is 0 Å². The molecule has 0 aromatic carbocycles. The van der Waals surface area contributed by atoms with Crippen LogP contribution in [0.15, 0.2) is 12.7 Å². The van der Waals surface area contributed by atoms with E-state index >= 15 is 0 Å². The van der Waals surface area contributed by atoms with Gasteiger partial charge in [-0.3, -0.25) is 0 Å². The maximum atomic E-state index is 5.76. The van der Waals surface area contributed by atoms with E-state index in [1.807, 2.05) is 6.92 Å². The third-order valence-electron chi connectivity index (χ3n) is 4.61. The van der Waals surface area contributed by atoms with E-state index in [9.17, 15) is 0 Å². The van der Waals surface area contributed by atoms with Crippen molar-refractivity contribution in [1.82, 2.24) is 0 Å². The van der Waals surface area contributed by atoms with E-state index in [0.29, 0.717) is 5.92 Å². The molecule has 0 aliphatic rings. The lowest BCUT2D eigenvalue weighted by Crippen LogP contribution is -2.41. The Morgan fingerprint density at radius 3 is 1.83 bits per heavy atom. The highest BCUT2D eigenvalue weighted by Gasteiger charge is 2.36. The Kier molecular flexibility index (Phi) is 20.4.